The lowest BCUT2D eigenvalue weighted by Crippen LogP contribution is -2.43. The number of carbonyl (C=O) groups excluding carboxylic acids is 1. The summed E-state index contributed by atoms with van der Waals surface area (Å²) in [5.74, 6) is -0.294. The van der Waals surface area contributed by atoms with E-state index in [1.54, 1.807) is 6.20 Å². The molecular weight excluding hydrogens is 328 g/mol. The number of piperazine rings is 1. The minimum atomic E-state index is -0.294. The fraction of sp³-hybridized carbons (Fsp3) is 0.263. The second-order valence-corrected chi connectivity index (χ2v) is 6.31. The number of pyridine rings is 1. The summed E-state index contributed by atoms with van der Waals surface area (Å²) in [4.78, 5) is 27.6. The highest BCUT2D eigenvalue weighted by Gasteiger charge is 2.14. The Kier molecular flexibility index (Phi) is 4.45. The molecule has 26 heavy (non-hydrogen) atoms. The summed E-state index contributed by atoms with van der Waals surface area (Å²) in [7, 11) is 0. The molecule has 1 amide bonds. The van der Waals surface area contributed by atoms with Gasteiger partial charge in [0.05, 0.1) is 35.0 Å². The van der Waals surface area contributed by atoms with Crippen LogP contribution in [0.5, 0.6) is 0 Å². The number of anilines is 2. The van der Waals surface area contributed by atoms with Crippen molar-refractivity contribution in [3.8, 4) is 0 Å². The standard InChI is InChI=1S/C19H20N6O/c1-13-10-22-17(12-21-13)19(26)24-16-4-2-3-14-9-15(11-23-18(14)16)25-7-5-20-6-8-25/h2-4,9-12,20H,5-8H2,1H3,(H,24,26). The summed E-state index contributed by atoms with van der Waals surface area (Å²) in [6.07, 6.45) is 4.93. The van der Waals surface area contributed by atoms with Gasteiger partial charge in [-0.1, -0.05) is 12.1 Å². The van der Waals surface area contributed by atoms with Crippen molar-refractivity contribution in [3.63, 3.8) is 0 Å². The Morgan fingerprint density at radius 1 is 1.12 bits per heavy atom. The Morgan fingerprint density at radius 2 is 1.96 bits per heavy atom. The molecular formula is C19H20N6O. The first-order valence-electron chi connectivity index (χ1n) is 8.65. The number of amides is 1. The number of hydrogen-bond acceptors (Lipinski definition) is 6. The van der Waals surface area contributed by atoms with Crippen LogP contribution < -0.4 is 15.5 Å². The van der Waals surface area contributed by atoms with Gasteiger partial charge in [-0.25, -0.2) is 4.98 Å². The van der Waals surface area contributed by atoms with Crippen molar-refractivity contribution in [2.24, 2.45) is 0 Å². The average Bonchev–Trinajstić information content (AvgIpc) is 2.69. The minimum absolute atomic E-state index is 0.282. The van der Waals surface area contributed by atoms with Gasteiger partial charge in [0.2, 0.25) is 0 Å². The molecule has 1 fully saturated rings. The zero-order valence-electron chi connectivity index (χ0n) is 14.6. The molecule has 7 nitrogen and oxygen atoms in total. The zero-order valence-corrected chi connectivity index (χ0v) is 14.6. The molecule has 2 aromatic heterocycles. The molecule has 3 heterocycles. The molecule has 0 spiro atoms. The number of rotatable bonds is 3. The third-order valence-electron chi connectivity index (χ3n) is 4.44. The Labute approximate surface area is 151 Å². The highest BCUT2D eigenvalue weighted by molar-refractivity contribution is 6.07. The first-order chi connectivity index (χ1) is 12.7. The summed E-state index contributed by atoms with van der Waals surface area (Å²) < 4.78 is 0. The number of hydrogen-bond donors (Lipinski definition) is 2. The molecule has 1 aliphatic rings. The van der Waals surface area contributed by atoms with Crippen LogP contribution in [0, 0.1) is 6.92 Å². The maximum absolute atomic E-state index is 12.4. The molecule has 1 aliphatic heterocycles. The third-order valence-corrected chi connectivity index (χ3v) is 4.44. The molecule has 0 radical (unpaired) electrons. The van der Waals surface area contributed by atoms with Crippen LogP contribution in [0.25, 0.3) is 10.9 Å². The van der Waals surface area contributed by atoms with Gasteiger partial charge in [0.25, 0.3) is 5.91 Å². The Morgan fingerprint density at radius 3 is 2.73 bits per heavy atom. The van der Waals surface area contributed by atoms with E-state index >= 15 is 0 Å². The number of nitrogens with one attached hydrogen (secondary N) is 2. The van der Waals surface area contributed by atoms with Crippen LogP contribution in [0.1, 0.15) is 16.2 Å². The molecule has 132 valence electrons. The van der Waals surface area contributed by atoms with Crippen LogP contribution in [0.4, 0.5) is 11.4 Å². The van der Waals surface area contributed by atoms with E-state index in [2.05, 4.69) is 36.6 Å². The van der Waals surface area contributed by atoms with Crippen LogP contribution in [0.3, 0.4) is 0 Å². The van der Waals surface area contributed by atoms with Crippen LogP contribution in [0.15, 0.2) is 42.9 Å². The predicted molar refractivity (Wildman–Crippen MR) is 102 cm³/mol. The average molecular weight is 348 g/mol. The number of aromatic nitrogens is 3. The number of para-hydroxylation sites is 1. The van der Waals surface area contributed by atoms with E-state index in [1.807, 2.05) is 31.3 Å². The fourth-order valence-corrected chi connectivity index (χ4v) is 3.04. The van der Waals surface area contributed by atoms with Crippen molar-refractivity contribution in [1.29, 1.82) is 0 Å². The van der Waals surface area contributed by atoms with E-state index in [-0.39, 0.29) is 11.6 Å². The van der Waals surface area contributed by atoms with Gasteiger partial charge in [0.15, 0.2) is 0 Å². The van der Waals surface area contributed by atoms with Crippen molar-refractivity contribution < 1.29 is 4.79 Å². The summed E-state index contributed by atoms with van der Waals surface area (Å²) >= 11 is 0. The quantitative estimate of drug-likeness (QED) is 0.753. The Hall–Kier alpha value is -3.06. The molecule has 4 rings (SSSR count). The molecule has 3 aromatic rings. The Bertz CT molecular complexity index is 934. The molecule has 2 N–H and O–H groups in total. The SMILES string of the molecule is Cc1cnc(C(=O)Nc2cccc3cc(N4CCNCC4)cnc23)cn1. The number of carbonyl (C=O) groups is 1. The van der Waals surface area contributed by atoms with E-state index in [0.717, 1.165) is 48.5 Å². The number of benzene rings is 1. The van der Waals surface area contributed by atoms with E-state index in [4.69, 9.17) is 0 Å². The van der Waals surface area contributed by atoms with Crippen LogP contribution >= 0.6 is 0 Å². The van der Waals surface area contributed by atoms with Crippen LogP contribution in [0.2, 0.25) is 0 Å². The second kappa shape index (κ2) is 7.05. The lowest BCUT2D eigenvalue weighted by atomic mass is 10.1. The van der Waals surface area contributed by atoms with Gasteiger partial charge < -0.3 is 15.5 Å². The lowest BCUT2D eigenvalue weighted by Gasteiger charge is -2.29. The summed E-state index contributed by atoms with van der Waals surface area (Å²) in [5.41, 5.74) is 3.59. The van der Waals surface area contributed by atoms with Gasteiger partial charge in [-0.2, -0.15) is 0 Å². The smallest absolute Gasteiger partial charge is 0.275 e. The molecule has 1 aromatic carbocycles. The topological polar surface area (TPSA) is 83.0 Å². The number of nitrogens with zero attached hydrogens (tertiary/aromatic N) is 4. The van der Waals surface area contributed by atoms with Gasteiger partial charge in [0, 0.05) is 37.8 Å². The normalized spacial score (nSPS) is 14.4. The molecule has 1 saturated heterocycles. The maximum atomic E-state index is 12.4. The second-order valence-electron chi connectivity index (χ2n) is 6.31. The molecule has 0 aliphatic carbocycles. The Balaban J connectivity index is 1.61. The monoisotopic (exact) mass is 348 g/mol. The van der Waals surface area contributed by atoms with Gasteiger partial charge in [-0.05, 0) is 19.1 Å². The summed E-state index contributed by atoms with van der Waals surface area (Å²) in [6, 6.07) is 7.89. The minimum Gasteiger partial charge on any atom is -0.368 e. The molecule has 0 bridgehead atoms. The van der Waals surface area contributed by atoms with Crippen molar-refractivity contribution >= 4 is 28.2 Å². The van der Waals surface area contributed by atoms with E-state index in [1.165, 1.54) is 6.20 Å². The number of fused-ring (bicyclic) bond motifs is 1. The van der Waals surface area contributed by atoms with E-state index < -0.39 is 0 Å². The van der Waals surface area contributed by atoms with Gasteiger partial charge >= 0.3 is 0 Å². The van der Waals surface area contributed by atoms with Gasteiger partial charge in [-0.15, -0.1) is 0 Å². The summed E-state index contributed by atoms with van der Waals surface area (Å²) in [6.45, 7) is 5.72. The van der Waals surface area contributed by atoms with Crippen LogP contribution in [-0.4, -0.2) is 47.0 Å². The highest BCUT2D eigenvalue weighted by atomic mass is 16.1. The first kappa shape index (κ1) is 16.4. The van der Waals surface area contributed by atoms with Crippen molar-refractivity contribution in [3.05, 3.63) is 54.2 Å². The summed E-state index contributed by atoms with van der Waals surface area (Å²) in [5, 5.41) is 7.24. The maximum Gasteiger partial charge on any atom is 0.275 e. The predicted octanol–water partition coefficient (Wildman–Crippen LogP) is 2.00. The molecule has 0 unspecified atom stereocenters. The van der Waals surface area contributed by atoms with E-state index in [0.29, 0.717) is 5.69 Å². The van der Waals surface area contributed by atoms with Gasteiger partial charge in [-0.3, -0.25) is 14.8 Å². The highest BCUT2D eigenvalue weighted by Crippen LogP contribution is 2.26. The number of aryl methyl sites for hydroxylation is 1. The molecule has 0 atom stereocenters. The zero-order chi connectivity index (χ0) is 17.9. The van der Waals surface area contributed by atoms with Gasteiger partial charge in [0.1, 0.15) is 5.69 Å². The first-order valence-corrected chi connectivity index (χ1v) is 8.65. The fourth-order valence-electron chi connectivity index (χ4n) is 3.04. The molecule has 0 saturated carbocycles. The van der Waals surface area contributed by atoms with Crippen LogP contribution in [-0.2, 0) is 0 Å². The molecule has 7 heteroatoms. The third kappa shape index (κ3) is 3.34. The lowest BCUT2D eigenvalue weighted by molar-refractivity contribution is 0.102. The van der Waals surface area contributed by atoms with Crippen molar-refractivity contribution in [2.75, 3.05) is 36.4 Å². The largest absolute Gasteiger partial charge is 0.368 e. The van der Waals surface area contributed by atoms with Crippen molar-refractivity contribution in [1.82, 2.24) is 20.3 Å². The van der Waals surface area contributed by atoms with Crippen molar-refractivity contribution in [2.45, 2.75) is 6.92 Å². The van der Waals surface area contributed by atoms with E-state index in [9.17, 15) is 4.79 Å².